The Hall–Kier alpha value is -1.40. The van der Waals surface area contributed by atoms with Crippen molar-refractivity contribution in [2.45, 2.75) is 31.8 Å². The van der Waals surface area contributed by atoms with E-state index >= 15 is 0 Å². The Bertz CT molecular complexity index is 444. The molecule has 1 aliphatic heterocycles. The van der Waals surface area contributed by atoms with Crippen LogP contribution in [0.1, 0.15) is 34.5 Å². The van der Waals surface area contributed by atoms with E-state index in [1.807, 2.05) is 0 Å². The monoisotopic (exact) mass is 268 g/mol. The molecule has 1 aliphatic rings. The van der Waals surface area contributed by atoms with Gasteiger partial charge in [-0.3, -0.25) is 4.79 Å². The fourth-order valence-electron chi connectivity index (χ4n) is 2.03. The molecular weight excluding hydrogens is 252 g/mol. The van der Waals surface area contributed by atoms with Gasteiger partial charge in [-0.05, 0) is 36.3 Å². The van der Waals surface area contributed by atoms with Gasteiger partial charge in [0.25, 0.3) is 0 Å². The van der Waals surface area contributed by atoms with E-state index in [-0.39, 0.29) is 11.9 Å². The summed E-state index contributed by atoms with van der Waals surface area (Å²) in [6.45, 7) is 1.15. The first-order valence-electron chi connectivity index (χ1n) is 5.99. The molecule has 2 heterocycles. The van der Waals surface area contributed by atoms with Crippen molar-refractivity contribution >= 4 is 23.2 Å². The molecular formula is C12H16N2O3S. The van der Waals surface area contributed by atoms with Crippen molar-refractivity contribution in [2.75, 3.05) is 6.54 Å². The smallest absolute Gasteiger partial charge is 0.346 e. The van der Waals surface area contributed by atoms with Crippen molar-refractivity contribution < 1.29 is 14.7 Å². The Balaban J connectivity index is 1.95. The van der Waals surface area contributed by atoms with Crippen molar-refractivity contribution in [1.29, 1.82) is 0 Å². The maximum atomic E-state index is 11.7. The van der Waals surface area contributed by atoms with Crippen molar-refractivity contribution in [3.05, 3.63) is 21.9 Å². The molecule has 0 saturated carbocycles. The van der Waals surface area contributed by atoms with E-state index < -0.39 is 5.97 Å². The summed E-state index contributed by atoms with van der Waals surface area (Å²) in [6, 6.07) is 1.57. The number of aromatic carboxylic acids is 1. The first-order chi connectivity index (χ1) is 8.68. The van der Waals surface area contributed by atoms with Gasteiger partial charge in [0.1, 0.15) is 4.88 Å². The van der Waals surface area contributed by atoms with Gasteiger partial charge in [0.2, 0.25) is 5.91 Å². The maximum Gasteiger partial charge on any atom is 0.346 e. The molecule has 1 atom stereocenters. The van der Waals surface area contributed by atoms with Gasteiger partial charge < -0.3 is 15.7 Å². The number of hydrogen-bond acceptors (Lipinski definition) is 4. The molecule has 1 aromatic rings. The van der Waals surface area contributed by atoms with Crippen LogP contribution < -0.4 is 10.6 Å². The lowest BCUT2D eigenvalue weighted by Gasteiger charge is -2.14. The molecule has 18 heavy (non-hydrogen) atoms. The fraction of sp³-hybridized carbons (Fsp3) is 0.500. The second kappa shape index (κ2) is 5.97. The van der Waals surface area contributed by atoms with E-state index in [0.717, 1.165) is 31.4 Å². The highest BCUT2D eigenvalue weighted by Gasteiger charge is 2.20. The van der Waals surface area contributed by atoms with E-state index in [1.165, 1.54) is 11.3 Å². The first-order valence-corrected chi connectivity index (χ1v) is 6.87. The molecule has 0 unspecified atom stereocenters. The SMILES string of the molecule is O=C(O)c1sccc1CN[C@H]1CCCCNC1=O. The van der Waals surface area contributed by atoms with Gasteiger partial charge in [0.15, 0.2) is 0 Å². The number of carboxylic acid groups (broad SMARTS) is 1. The highest BCUT2D eigenvalue weighted by molar-refractivity contribution is 7.12. The lowest BCUT2D eigenvalue weighted by molar-refractivity contribution is -0.122. The number of carboxylic acids is 1. The molecule has 0 aliphatic carbocycles. The van der Waals surface area contributed by atoms with Gasteiger partial charge >= 0.3 is 5.97 Å². The number of thiophene rings is 1. The molecule has 5 nitrogen and oxygen atoms in total. The minimum atomic E-state index is -0.910. The normalized spacial score (nSPS) is 20.2. The lowest BCUT2D eigenvalue weighted by Crippen LogP contribution is -2.42. The van der Waals surface area contributed by atoms with Crippen LogP contribution in [-0.4, -0.2) is 29.6 Å². The summed E-state index contributed by atoms with van der Waals surface area (Å²) in [5, 5.41) is 16.7. The Morgan fingerprint density at radius 2 is 2.39 bits per heavy atom. The molecule has 98 valence electrons. The standard InChI is InChI=1S/C12H16N2O3S/c15-11-9(3-1-2-5-13-11)14-7-8-4-6-18-10(8)12(16)17/h4,6,9,14H,1-3,5,7H2,(H,13,15)(H,16,17)/t9-/m0/s1. The topological polar surface area (TPSA) is 78.4 Å². The number of carbonyl (C=O) groups is 2. The average Bonchev–Trinajstić information content (AvgIpc) is 2.71. The molecule has 1 saturated heterocycles. The van der Waals surface area contributed by atoms with Crippen LogP contribution in [0.2, 0.25) is 0 Å². The molecule has 2 rings (SSSR count). The third-order valence-electron chi connectivity index (χ3n) is 3.02. The van der Waals surface area contributed by atoms with E-state index in [4.69, 9.17) is 5.11 Å². The minimum absolute atomic E-state index is 0.0135. The van der Waals surface area contributed by atoms with Gasteiger partial charge in [0, 0.05) is 13.1 Å². The summed E-state index contributed by atoms with van der Waals surface area (Å²) in [5.41, 5.74) is 0.740. The predicted molar refractivity (Wildman–Crippen MR) is 68.8 cm³/mol. The van der Waals surface area contributed by atoms with E-state index in [0.29, 0.717) is 11.4 Å². The molecule has 0 spiro atoms. The van der Waals surface area contributed by atoms with Crippen LogP contribution in [0.15, 0.2) is 11.4 Å². The van der Waals surface area contributed by atoms with E-state index in [9.17, 15) is 9.59 Å². The van der Waals surface area contributed by atoms with Crippen molar-refractivity contribution in [3.63, 3.8) is 0 Å². The summed E-state index contributed by atoms with van der Waals surface area (Å²) in [7, 11) is 0. The highest BCUT2D eigenvalue weighted by Crippen LogP contribution is 2.17. The number of nitrogens with one attached hydrogen (secondary N) is 2. The zero-order chi connectivity index (χ0) is 13.0. The summed E-state index contributed by atoms with van der Waals surface area (Å²) in [5.74, 6) is -0.897. The minimum Gasteiger partial charge on any atom is -0.477 e. The molecule has 6 heteroatoms. The van der Waals surface area contributed by atoms with Gasteiger partial charge in [0.05, 0.1) is 6.04 Å². The Kier molecular flexibility index (Phi) is 4.33. The summed E-state index contributed by atoms with van der Waals surface area (Å²) in [4.78, 5) is 23.0. The Morgan fingerprint density at radius 1 is 1.56 bits per heavy atom. The van der Waals surface area contributed by atoms with Gasteiger partial charge in [-0.2, -0.15) is 0 Å². The molecule has 0 radical (unpaired) electrons. The quantitative estimate of drug-likeness (QED) is 0.767. The second-order valence-corrected chi connectivity index (χ2v) is 5.22. The molecule has 0 bridgehead atoms. The number of carbonyl (C=O) groups excluding carboxylic acids is 1. The molecule has 0 aromatic carbocycles. The van der Waals surface area contributed by atoms with Crippen LogP contribution in [0.4, 0.5) is 0 Å². The molecule has 1 amide bonds. The zero-order valence-corrected chi connectivity index (χ0v) is 10.8. The molecule has 3 N–H and O–H groups in total. The van der Waals surface area contributed by atoms with Crippen LogP contribution in [0.3, 0.4) is 0 Å². The third kappa shape index (κ3) is 3.08. The summed E-state index contributed by atoms with van der Waals surface area (Å²) < 4.78 is 0. The molecule has 1 aromatic heterocycles. The van der Waals surface area contributed by atoms with Gasteiger partial charge in [-0.1, -0.05) is 0 Å². The molecule has 1 fully saturated rings. The van der Waals surface area contributed by atoms with Gasteiger partial charge in [-0.25, -0.2) is 4.79 Å². The lowest BCUT2D eigenvalue weighted by atomic mass is 10.1. The van der Waals surface area contributed by atoms with Crippen molar-refractivity contribution in [3.8, 4) is 0 Å². The largest absolute Gasteiger partial charge is 0.477 e. The van der Waals surface area contributed by atoms with Crippen LogP contribution in [0, 0.1) is 0 Å². The summed E-state index contributed by atoms with van der Waals surface area (Å²) >= 11 is 1.21. The van der Waals surface area contributed by atoms with Crippen molar-refractivity contribution in [1.82, 2.24) is 10.6 Å². The average molecular weight is 268 g/mol. The van der Waals surface area contributed by atoms with E-state index in [1.54, 1.807) is 11.4 Å². The third-order valence-corrected chi connectivity index (χ3v) is 3.96. The van der Waals surface area contributed by atoms with Crippen LogP contribution in [0.25, 0.3) is 0 Å². The number of amides is 1. The number of hydrogen-bond donors (Lipinski definition) is 3. The summed E-state index contributed by atoms with van der Waals surface area (Å²) in [6.07, 6.45) is 2.81. The van der Waals surface area contributed by atoms with Crippen LogP contribution in [-0.2, 0) is 11.3 Å². The number of rotatable bonds is 4. The van der Waals surface area contributed by atoms with Crippen molar-refractivity contribution in [2.24, 2.45) is 0 Å². The second-order valence-electron chi connectivity index (χ2n) is 4.30. The van der Waals surface area contributed by atoms with Crippen LogP contribution in [0.5, 0.6) is 0 Å². The van der Waals surface area contributed by atoms with Crippen LogP contribution >= 0.6 is 11.3 Å². The van der Waals surface area contributed by atoms with Gasteiger partial charge in [-0.15, -0.1) is 11.3 Å². The maximum absolute atomic E-state index is 11.7. The first kappa shape index (κ1) is 13.0. The van der Waals surface area contributed by atoms with E-state index in [2.05, 4.69) is 10.6 Å². The Labute approximate surface area is 109 Å². The fourth-order valence-corrected chi connectivity index (χ4v) is 2.79. The zero-order valence-electron chi connectivity index (χ0n) is 9.94. The Morgan fingerprint density at radius 3 is 3.17 bits per heavy atom. The predicted octanol–water partition coefficient (Wildman–Crippen LogP) is 1.20. The highest BCUT2D eigenvalue weighted by atomic mass is 32.1.